The van der Waals surface area contributed by atoms with E-state index in [4.69, 9.17) is 12.2 Å². The van der Waals surface area contributed by atoms with Crippen LogP contribution >= 0.6 is 24.0 Å². The molecule has 0 aliphatic heterocycles. The third-order valence-corrected chi connectivity index (χ3v) is 3.46. The Kier molecular flexibility index (Phi) is 5.78. The monoisotopic (exact) mass is 388 g/mol. The van der Waals surface area contributed by atoms with Crippen LogP contribution in [-0.2, 0) is 6.18 Å². The quantitative estimate of drug-likeness (QED) is 0.470. The number of aromatic nitrogens is 4. The number of anilines is 1. The van der Waals surface area contributed by atoms with Crippen molar-refractivity contribution in [3.63, 3.8) is 0 Å². The van der Waals surface area contributed by atoms with Crippen molar-refractivity contribution in [1.29, 1.82) is 0 Å². The third-order valence-electron chi connectivity index (χ3n) is 2.44. The molecule has 6 nitrogen and oxygen atoms in total. The van der Waals surface area contributed by atoms with Crippen molar-refractivity contribution in [1.82, 2.24) is 25.3 Å². The van der Waals surface area contributed by atoms with Crippen molar-refractivity contribution in [3.8, 4) is 0 Å². The summed E-state index contributed by atoms with van der Waals surface area (Å²) in [5.41, 5.74) is -1.44. The molecule has 2 heterocycles. The number of hydrogen-bond acceptors (Lipinski definition) is 6. The Morgan fingerprint density at radius 3 is 2.32 bits per heavy atom. The highest BCUT2D eigenvalue weighted by atomic mass is 32.2. The number of alkyl halides is 3. The van der Waals surface area contributed by atoms with E-state index in [0.717, 1.165) is 17.8 Å². The molecule has 0 aromatic carbocycles. The molecule has 2 rings (SSSR count). The molecular weight excluding hydrogens is 373 g/mol. The number of thiocarbonyl (C=S) groups is 1. The second-order valence-corrected chi connectivity index (χ2v) is 7.27. The molecule has 134 valence electrons. The van der Waals surface area contributed by atoms with E-state index in [1.807, 2.05) is 20.8 Å². The molecule has 0 saturated heterocycles. The Morgan fingerprint density at radius 1 is 1.12 bits per heavy atom. The lowest BCUT2D eigenvalue weighted by atomic mass is 10.1. The number of nitrogens with one attached hydrogen (secondary N) is 2. The number of rotatable bonds is 3. The van der Waals surface area contributed by atoms with Gasteiger partial charge in [0.15, 0.2) is 16.0 Å². The van der Waals surface area contributed by atoms with Crippen LogP contribution in [0.2, 0.25) is 0 Å². The van der Waals surface area contributed by atoms with E-state index in [-0.39, 0.29) is 26.8 Å². The summed E-state index contributed by atoms with van der Waals surface area (Å²) in [7, 11) is 0. The zero-order valence-electron chi connectivity index (χ0n) is 13.5. The van der Waals surface area contributed by atoms with E-state index in [1.165, 1.54) is 12.4 Å². The van der Waals surface area contributed by atoms with Crippen molar-refractivity contribution in [2.24, 2.45) is 0 Å². The van der Waals surface area contributed by atoms with Crippen LogP contribution in [0.3, 0.4) is 0 Å². The minimum Gasteiger partial charge on any atom is -0.358 e. The zero-order chi connectivity index (χ0) is 18.7. The molecule has 0 bridgehead atoms. The van der Waals surface area contributed by atoms with Crippen LogP contribution in [0, 0.1) is 0 Å². The van der Waals surface area contributed by atoms with Crippen molar-refractivity contribution >= 4 is 35.0 Å². The molecular formula is C14H15F3N6S2. The molecule has 2 aromatic heterocycles. The Labute approximate surface area is 152 Å². The van der Waals surface area contributed by atoms with Crippen LogP contribution < -0.4 is 10.6 Å². The fourth-order valence-electron chi connectivity index (χ4n) is 1.58. The molecule has 0 amide bonds. The second kappa shape index (κ2) is 7.48. The predicted octanol–water partition coefficient (Wildman–Crippen LogP) is 3.52. The van der Waals surface area contributed by atoms with Crippen LogP contribution in [-0.4, -0.2) is 30.6 Å². The number of halogens is 3. The van der Waals surface area contributed by atoms with E-state index < -0.39 is 11.9 Å². The van der Waals surface area contributed by atoms with Crippen LogP contribution in [0.25, 0.3) is 0 Å². The lowest BCUT2D eigenvalue weighted by Gasteiger charge is -2.22. The summed E-state index contributed by atoms with van der Waals surface area (Å²) < 4.78 is 39.3. The first-order valence-electron chi connectivity index (χ1n) is 7.03. The molecule has 0 atom stereocenters. The first kappa shape index (κ1) is 19.3. The minimum absolute atomic E-state index is 0.0505. The van der Waals surface area contributed by atoms with Gasteiger partial charge in [0.1, 0.15) is 5.03 Å². The van der Waals surface area contributed by atoms with Gasteiger partial charge in [0.2, 0.25) is 5.95 Å². The number of nitrogens with zero attached hydrogens (tertiary/aromatic N) is 4. The molecule has 0 aliphatic carbocycles. The normalized spacial score (nSPS) is 11.9. The summed E-state index contributed by atoms with van der Waals surface area (Å²) in [6.07, 6.45) is -1.64. The second-order valence-electron chi connectivity index (χ2n) is 5.88. The van der Waals surface area contributed by atoms with Crippen molar-refractivity contribution in [2.75, 3.05) is 5.32 Å². The smallest absolute Gasteiger partial charge is 0.358 e. The average Bonchev–Trinajstić information content (AvgIpc) is 2.45. The van der Waals surface area contributed by atoms with Gasteiger partial charge in [-0.2, -0.15) is 13.2 Å². The highest BCUT2D eigenvalue weighted by Crippen LogP contribution is 2.32. The molecule has 0 aliphatic rings. The zero-order valence-corrected chi connectivity index (χ0v) is 15.2. The van der Waals surface area contributed by atoms with Crippen LogP contribution in [0.4, 0.5) is 19.1 Å². The van der Waals surface area contributed by atoms with E-state index in [0.29, 0.717) is 0 Å². The van der Waals surface area contributed by atoms with Crippen molar-refractivity contribution < 1.29 is 13.2 Å². The Morgan fingerprint density at radius 2 is 1.76 bits per heavy atom. The van der Waals surface area contributed by atoms with Gasteiger partial charge in [-0.3, -0.25) is 0 Å². The summed E-state index contributed by atoms with van der Waals surface area (Å²) in [5.74, 6) is -0.255. The molecule has 0 spiro atoms. The molecule has 2 N–H and O–H groups in total. The highest BCUT2D eigenvalue weighted by Gasteiger charge is 2.34. The molecule has 11 heteroatoms. The van der Waals surface area contributed by atoms with Gasteiger partial charge in [0.05, 0.1) is 0 Å². The molecule has 0 radical (unpaired) electrons. The Balaban J connectivity index is 2.29. The summed E-state index contributed by atoms with van der Waals surface area (Å²) in [4.78, 5) is 15.4. The number of hydrogen-bond donors (Lipinski definition) is 2. The lowest BCUT2D eigenvalue weighted by molar-refractivity contribution is -0.141. The van der Waals surface area contributed by atoms with Crippen LogP contribution in [0.1, 0.15) is 26.5 Å². The summed E-state index contributed by atoms with van der Waals surface area (Å²) >= 11 is 5.97. The van der Waals surface area contributed by atoms with Crippen molar-refractivity contribution in [3.05, 3.63) is 30.2 Å². The van der Waals surface area contributed by atoms with E-state index >= 15 is 0 Å². The van der Waals surface area contributed by atoms with Crippen molar-refractivity contribution in [2.45, 2.75) is 42.7 Å². The lowest BCUT2D eigenvalue weighted by Crippen LogP contribution is -2.43. The first-order valence-corrected chi connectivity index (χ1v) is 8.26. The fourth-order valence-corrected chi connectivity index (χ4v) is 2.70. The molecule has 0 fully saturated rings. The molecule has 0 saturated carbocycles. The molecule has 25 heavy (non-hydrogen) atoms. The maximum Gasteiger partial charge on any atom is 0.433 e. The van der Waals surface area contributed by atoms with Crippen LogP contribution in [0.15, 0.2) is 34.7 Å². The Bertz CT molecular complexity index is 746. The van der Waals surface area contributed by atoms with Gasteiger partial charge in [-0.15, -0.1) is 0 Å². The first-order chi connectivity index (χ1) is 11.5. The van der Waals surface area contributed by atoms with Gasteiger partial charge in [0, 0.05) is 24.0 Å². The van der Waals surface area contributed by atoms with Gasteiger partial charge >= 0.3 is 6.18 Å². The topological polar surface area (TPSA) is 75.6 Å². The van der Waals surface area contributed by atoms with Gasteiger partial charge in [-0.1, -0.05) is 0 Å². The fraction of sp³-hybridized carbons (Fsp3) is 0.357. The predicted molar refractivity (Wildman–Crippen MR) is 92.3 cm³/mol. The third kappa shape index (κ3) is 6.42. The standard InChI is InChI=1S/C14H15F3N6S2/c1-13(2,3)23-11(24)22-10-20-8(14(15,16)17)7-9(21-10)25-12-18-5-4-6-19-12/h4-7H,1-3H3,(H2,20,21,22,23,24). The summed E-state index contributed by atoms with van der Waals surface area (Å²) in [6, 6.07) is 2.45. The SMILES string of the molecule is CC(C)(C)NC(=S)Nc1nc(Sc2ncccn2)cc(C(F)(F)F)n1. The van der Waals surface area contributed by atoms with Gasteiger partial charge in [-0.05, 0) is 50.8 Å². The van der Waals surface area contributed by atoms with E-state index in [1.54, 1.807) is 6.07 Å². The van der Waals surface area contributed by atoms with E-state index in [9.17, 15) is 13.2 Å². The van der Waals surface area contributed by atoms with Gasteiger partial charge < -0.3 is 10.6 Å². The van der Waals surface area contributed by atoms with Gasteiger partial charge in [-0.25, -0.2) is 19.9 Å². The highest BCUT2D eigenvalue weighted by molar-refractivity contribution is 7.99. The maximum atomic E-state index is 13.1. The Hall–Kier alpha value is -2.01. The van der Waals surface area contributed by atoms with E-state index in [2.05, 4.69) is 30.6 Å². The summed E-state index contributed by atoms with van der Waals surface area (Å²) in [6.45, 7) is 5.59. The minimum atomic E-state index is -4.62. The summed E-state index contributed by atoms with van der Waals surface area (Å²) in [5, 5.41) is 5.95. The largest absolute Gasteiger partial charge is 0.433 e. The van der Waals surface area contributed by atoms with Crippen LogP contribution in [0.5, 0.6) is 0 Å². The molecule has 0 unspecified atom stereocenters. The average molecular weight is 388 g/mol. The van der Waals surface area contributed by atoms with Gasteiger partial charge in [0.25, 0.3) is 0 Å². The molecule has 2 aromatic rings. The maximum absolute atomic E-state index is 13.1.